The van der Waals surface area contributed by atoms with Crippen LogP contribution in [0.2, 0.25) is 0 Å². The monoisotopic (exact) mass is 367 g/mol. The Bertz CT molecular complexity index is 794. The van der Waals surface area contributed by atoms with Crippen molar-refractivity contribution in [3.8, 4) is 5.75 Å². The SMILES string of the molecule is CCC1Oc2ccccc2N(CCC(=O)N(C)CCc2ccncc2)C1=O. The quantitative estimate of drug-likeness (QED) is 0.755. The number of fused-ring (bicyclic) bond motifs is 1. The van der Waals surface area contributed by atoms with Gasteiger partial charge in [-0.2, -0.15) is 0 Å². The number of carbonyl (C=O) groups is 2. The highest BCUT2D eigenvalue weighted by molar-refractivity contribution is 6.00. The number of hydrogen-bond donors (Lipinski definition) is 0. The Morgan fingerprint density at radius 2 is 1.96 bits per heavy atom. The van der Waals surface area contributed by atoms with E-state index in [9.17, 15) is 9.59 Å². The van der Waals surface area contributed by atoms with Crippen molar-refractivity contribution in [3.63, 3.8) is 0 Å². The van der Waals surface area contributed by atoms with E-state index in [1.807, 2.05) is 43.3 Å². The molecule has 6 heteroatoms. The molecule has 1 aliphatic rings. The highest BCUT2D eigenvalue weighted by atomic mass is 16.5. The average molecular weight is 367 g/mol. The largest absolute Gasteiger partial charge is 0.478 e. The van der Waals surface area contributed by atoms with E-state index in [1.165, 1.54) is 0 Å². The molecule has 1 aromatic heterocycles. The molecule has 0 N–H and O–H groups in total. The molecule has 0 spiro atoms. The highest BCUT2D eigenvalue weighted by Crippen LogP contribution is 2.34. The molecule has 0 radical (unpaired) electrons. The molecule has 6 nitrogen and oxygen atoms in total. The normalized spacial score (nSPS) is 15.9. The van der Waals surface area contributed by atoms with Crippen molar-refractivity contribution >= 4 is 17.5 Å². The number of ether oxygens (including phenoxy) is 1. The number of hydrogen-bond acceptors (Lipinski definition) is 4. The fourth-order valence-electron chi connectivity index (χ4n) is 3.13. The Labute approximate surface area is 159 Å². The number of carbonyl (C=O) groups excluding carboxylic acids is 2. The van der Waals surface area contributed by atoms with Gasteiger partial charge in [0.15, 0.2) is 6.10 Å². The van der Waals surface area contributed by atoms with Gasteiger partial charge in [0.05, 0.1) is 5.69 Å². The van der Waals surface area contributed by atoms with Crippen LogP contribution in [0.25, 0.3) is 0 Å². The summed E-state index contributed by atoms with van der Waals surface area (Å²) >= 11 is 0. The van der Waals surface area contributed by atoms with Crippen LogP contribution in [-0.2, 0) is 16.0 Å². The number of pyridine rings is 1. The summed E-state index contributed by atoms with van der Waals surface area (Å²) in [5, 5.41) is 0. The predicted molar refractivity (Wildman–Crippen MR) is 104 cm³/mol. The van der Waals surface area contributed by atoms with E-state index in [4.69, 9.17) is 4.74 Å². The number of nitrogens with zero attached hydrogens (tertiary/aromatic N) is 3. The van der Waals surface area contributed by atoms with Gasteiger partial charge in [0.2, 0.25) is 5.91 Å². The van der Waals surface area contributed by atoms with E-state index in [0.29, 0.717) is 25.3 Å². The van der Waals surface area contributed by atoms with Crippen molar-refractivity contribution in [2.24, 2.45) is 0 Å². The van der Waals surface area contributed by atoms with Gasteiger partial charge >= 0.3 is 0 Å². The smallest absolute Gasteiger partial charge is 0.268 e. The topological polar surface area (TPSA) is 62.7 Å². The van der Waals surface area contributed by atoms with E-state index in [1.54, 1.807) is 29.2 Å². The third-order valence-corrected chi connectivity index (χ3v) is 4.80. The molecule has 0 saturated heterocycles. The summed E-state index contributed by atoms with van der Waals surface area (Å²) in [4.78, 5) is 32.6. The summed E-state index contributed by atoms with van der Waals surface area (Å²) in [6.07, 6.45) is 4.68. The maximum Gasteiger partial charge on any atom is 0.268 e. The summed E-state index contributed by atoms with van der Waals surface area (Å²) in [5.74, 6) is 0.639. The van der Waals surface area contributed by atoms with Crippen molar-refractivity contribution in [2.75, 3.05) is 25.0 Å². The second kappa shape index (κ2) is 8.66. The number of likely N-dealkylation sites (N-methyl/N-ethyl adjacent to an activating group) is 1. The Morgan fingerprint density at radius 3 is 2.70 bits per heavy atom. The number of benzene rings is 1. The second-order valence-electron chi connectivity index (χ2n) is 6.64. The summed E-state index contributed by atoms with van der Waals surface area (Å²) in [6, 6.07) is 11.4. The molecule has 0 bridgehead atoms. The van der Waals surface area contributed by atoms with Crippen LogP contribution < -0.4 is 9.64 Å². The molecule has 1 aliphatic heterocycles. The van der Waals surface area contributed by atoms with Crippen LogP contribution in [0.15, 0.2) is 48.8 Å². The lowest BCUT2D eigenvalue weighted by Gasteiger charge is -2.34. The first-order valence-corrected chi connectivity index (χ1v) is 9.30. The first-order chi connectivity index (χ1) is 13.1. The molecule has 0 saturated carbocycles. The highest BCUT2D eigenvalue weighted by Gasteiger charge is 2.33. The average Bonchev–Trinajstić information content (AvgIpc) is 2.71. The Hall–Kier alpha value is -2.89. The maximum absolute atomic E-state index is 12.7. The minimum absolute atomic E-state index is 0.0221. The fourth-order valence-corrected chi connectivity index (χ4v) is 3.13. The van der Waals surface area contributed by atoms with Gasteiger partial charge in [0.1, 0.15) is 5.75 Å². The fraction of sp³-hybridized carbons (Fsp3) is 0.381. The molecule has 1 unspecified atom stereocenters. The first kappa shape index (κ1) is 18.9. The van der Waals surface area contributed by atoms with E-state index >= 15 is 0 Å². The van der Waals surface area contributed by atoms with Crippen LogP contribution in [0, 0.1) is 0 Å². The standard InChI is InChI=1S/C21H25N3O3/c1-3-18-21(26)24(17-6-4-5-7-19(17)27-18)15-11-20(25)23(2)14-10-16-8-12-22-13-9-16/h4-9,12-13,18H,3,10-11,14-15H2,1-2H3. The van der Waals surface area contributed by atoms with Crippen molar-refractivity contribution in [1.29, 1.82) is 0 Å². The molecular formula is C21H25N3O3. The molecular weight excluding hydrogens is 342 g/mol. The number of aromatic nitrogens is 1. The van der Waals surface area contributed by atoms with E-state index < -0.39 is 6.10 Å². The molecule has 1 atom stereocenters. The summed E-state index contributed by atoms with van der Waals surface area (Å²) < 4.78 is 5.77. The minimum Gasteiger partial charge on any atom is -0.478 e. The molecule has 1 aromatic carbocycles. The Balaban J connectivity index is 1.59. The van der Waals surface area contributed by atoms with Crippen LogP contribution in [0.4, 0.5) is 5.69 Å². The molecule has 2 aromatic rings. The van der Waals surface area contributed by atoms with E-state index in [2.05, 4.69) is 4.98 Å². The van der Waals surface area contributed by atoms with Crippen molar-refractivity contribution in [1.82, 2.24) is 9.88 Å². The molecule has 2 heterocycles. The van der Waals surface area contributed by atoms with Gasteiger partial charge < -0.3 is 14.5 Å². The summed E-state index contributed by atoms with van der Waals surface area (Å²) in [7, 11) is 1.80. The van der Waals surface area contributed by atoms with Gasteiger partial charge in [-0.05, 0) is 42.7 Å². The lowest BCUT2D eigenvalue weighted by atomic mass is 10.1. The van der Waals surface area contributed by atoms with Crippen LogP contribution in [0.5, 0.6) is 5.75 Å². The Kier molecular flexibility index (Phi) is 6.06. The summed E-state index contributed by atoms with van der Waals surface area (Å²) in [5.41, 5.74) is 1.88. The third kappa shape index (κ3) is 4.45. The van der Waals surface area contributed by atoms with Crippen LogP contribution >= 0.6 is 0 Å². The zero-order valence-electron chi connectivity index (χ0n) is 15.8. The lowest BCUT2D eigenvalue weighted by molar-refractivity contribution is -0.130. The number of anilines is 1. The lowest BCUT2D eigenvalue weighted by Crippen LogP contribution is -2.47. The van der Waals surface area contributed by atoms with Gasteiger partial charge in [-0.15, -0.1) is 0 Å². The minimum atomic E-state index is -0.487. The molecule has 142 valence electrons. The van der Waals surface area contributed by atoms with Crippen molar-refractivity contribution in [2.45, 2.75) is 32.3 Å². The second-order valence-corrected chi connectivity index (χ2v) is 6.64. The van der Waals surface area contributed by atoms with Crippen molar-refractivity contribution < 1.29 is 14.3 Å². The summed E-state index contributed by atoms with van der Waals surface area (Å²) in [6.45, 7) is 2.91. The van der Waals surface area contributed by atoms with Gasteiger partial charge in [-0.1, -0.05) is 19.1 Å². The van der Waals surface area contributed by atoms with Crippen LogP contribution in [-0.4, -0.2) is 47.9 Å². The van der Waals surface area contributed by atoms with E-state index in [-0.39, 0.29) is 18.2 Å². The molecule has 3 rings (SSSR count). The van der Waals surface area contributed by atoms with Gasteiger partial charge in [-0.25, -0.2) is 0 Å². The van der Waals surface area contributed by atoms with Crippen molar-refractivity contribution in [3.05, 3.63) is 54.4 Å². The zero-order valence-corrected chi connectivity index (χ0v) is 15.8. The molecule has 0 aliphatic carbocycles. The van der Waals surface area contributed by atoms with Crippen LogP contribution in [0.1, 0.15) is 25.3 Å². The number of amides is 2. The van der Waals surface area contributed by atoms with Gasteiger partial charge in [0.25, 0.3) is 5.91 Å². The Morgan fingerprint density at radius 1 is 1.22 bits per heavy atom. The van der Waals surface area contributed by atoms with Gasteiger partial charge in [-0.3, -0.25) is 14.6 Å². The maximum atomic E-state index is 12.7. The number of para-hydroxylation sites is 2. The third-order valence-electron chi connectivity index (χ3n) is 4.80. The number of rotatable bonds is 7. The van der Waals surface area contributed by atoms with Gasteiger partial charge in [0, 0.05) is 39.0 Å². The van der Waals surface area contributed by atoms with E-state index in [0.717, 1.165) is 17.7 Å². The zero-order chi connectivity index (χ0) is 19.2. The molecule has 27 heavy (non-hydrogen) atoms. The molecule has 0 fully saturated rings. The predicted octanol–water partition coefficient (Wildman–Crippen LogP) is 2.68. The molecule has 2 amide bonds. The first-order valence-electron chi connectivity index (χ1n) is 9.30. The van der Waals surface area contributed by atoms with Crippen LogP contribution in [0.3, 0.4) is 0 Å².